The van der Waals surface area contributed by atoms with Crippen molar-refractivity contribution in [1.82, 2.24) is 4.98 Å². The van der Waals surface area contributed by atoms with Crippen LogP contribution in [0.4, 0.5) is 21.3 Å². The van der Waals surface area contributed by atoms with E-state index in [1.165, 1.54) is 18.4 Å². The molecule has 1 aromatic heterocycles. The summed E-state index contributed by atoms with van der Waals surface area (Å²) in [6.07, 6.45) is 0.0632. The van der Waals surface area contributed by atoms with E-state index in [2.05, 4.69) is 20.9 Å². The molecule has 0 aliphatic carbocycles. The predicted octanol–water partition coefficient (Wildman–Crippen LogP) is 3.99. The van der Waals surface area contributed by atoms with Crippen LogP contribution >= 0.6 is 11.3 Å². The maximum absolute atomic E-state index is 12.3. The number of carbonyl (C=O) groups excluding carboxylic acids is 2. The minimum atomic E-state index is -0.399. The van der Waals surface area contributed by atoms with E-state index in [-0.39, 0.29) is 12.3 Å². The molecule has 29 heavy (non-hydrogen) atoms. The van der Waals surface area contributed by atoms with E-state index in [4.69, 9.17) is 9.47 Å². The van der Waals surface area contributed by atoms with E-state index >= 15 is 0 Å². The number of hydrogen-bond donors (Lipinski definition) is 3. The number of thiazole rings is 1. The molecule has 3 rings (SSSR count). The molecule has 8 nitrogen and oxygen atoms in total. The van der Waals surface area contributed by atoms with E-state index in [1.54, 1.807) is 42.8 Å². The van der Waals surface area contributed by atoms with Crippen molar-refractivity contribution in [3.8, 4) is 11.5 Å². The van der Waals surface area contributed by atoms with Gasteiger partial charge in [-0.25, -0.2) is 9.78 Å². The Labute approximate surface area is 171 Å². The second-order valence-corrected chi connectivity index (χ2v) is 6.74. The van der Waals surface area contributed by atoms with Crippen molar-refractivity contribution in [2.45, 2.75) is 6.42 Å². The highest BCUT2D eigenvalue weighted by Gasteiger charge is 2.13. The van der Waals surface area contributed by atoms with Crippen molar-refractivity contribution >= 4 is 39.8 Å². The van der Waals surface area contributed by atoms with Gasteiger partial charge in [-0.1, -0.05) is 18.2 Å². The number of hydrogen-bond acceptors (Lipinski definition) is 6. The minimum Gasteiger partial charge on any atom is -0.497 e. The molecule has 0 saturated carbocycles. The van der Waals surface area contributed by atoms with Crippen molar-refractivity contribution < 1.29 is 19.1 Å². The van der Waals surface area contributed by atoms with E-state index in [9.17, 15) is 9.59 Å². The quantitative estimate of drug-likeness (QED) is 0.545. The lowest BCUT2D eigenvalue weighted by atomic mass is 10.2. The molecule has 0 aliphatic rings. The lowest BCUT2D eigenvalue weighted by Crippen LogP contribution is -2.19. The maximum Gasteiger partial charge on any atom is 0.325 e. The smallest absolute Gasteiger partial charge is 0.325 e. The van der Waals surface area contributed by atoms with Gasteiger partial charge in [0.15, 0.2) is 5.13 Å². The highest BCUT2D eigenvalue weighted by Crippen LogP contribution is 2.29. The molecule has 0 fully saturated rings. The average molecular weight is 412 g/mol. The number of methoxy groups -OCH3 is 2. The fourth-order valence-electron chi connectivity index (χ4n) is 2.49. The number of aromatic nitrogens is 1. The van der Waals surface area contributed by atoms with Gasteiger partial charge in [-0.15, -0.1) is 11.3 Å². The van der Waals surface area contributed by atoms with E-state index in [1.807, 2.05) is 18.2 Å². The third kappa shape index (κ3) is 5.69. The summed E-state index contributed by atoms with van der Waals surface area (Å²) in [5.74, 6) is 0.874. The topological polar surface area (TPSA) is 102 Å². The van der Waals surface area contributed by atoms with Gasteiger partial charge in [-0.2, -0.15) is 0 Å². The fraction of sp³-hybridized carbons (Fsp3) is 0.150. The van der Waals surface area contributed by atoms with Gasteiger partial charge < -0.3 is 20.1 Å². The van der Waals surface area contributed by atoms with E-state index < -0.39 is 6.03 Å². The molecule has 3 amide bonds. The molecule has 0 atom stereocenters. The average Bonchev–Trinajstić information content (AvgIpc) is 3.15. The highest BCUT2D eigenvalue weighted by atomic mass is 32.1. The maximum atomic E-state index is 12.3. The summed E-state index contributed by atoms with van der Waals surface area (Å²) in [6, 6.07) is 13.8. The van der Waals surface area contributed by atoms with Crippen molar-refractivity contribution in [2.24, 2.45) is 0 Å². The highest BCUT2D eigenvalue weighted by molar-refractivity contribution is 7.14. The van der Waals surface area contributed by atoms with Crippen LogP contribution in [0.15, 0.2) is 53.9 Å². The number of ether oxygens (including phenoxy) is 2. The monoisotopic (exact) mass is 412 g/mol. The summed E-state index contributed by atoms with van der Waals surface area (Å²) in [6.45, 7) is 0. The Bertz CT molecular complexity index is 991. The summed E-state index contributed by atoms with van der Waals surface area (Å²) >= 11 is 1.25. The Hall–Kier alpha value is -3.59. The Morgan fingerprint density at radius 2 is 1.79 bits per heavy atom. The van der Waals surface area contributed by atoms with Gasteiger partial charge >= 0.3 is 6.03 Å². The van der Waals surface area contributed by atoms with Crippen LogP contribution in [0.25, 0.3) is 0 Å². The van der Waals surface area contributed by atoms with Gasteiger partial charge in [0.1, 0.15) is 11.5 Å². The Balaban J connectivity index is 1.55. The largest absolute Gasteiger partial charge is 0.497 e. The number of nitrogens with zero attached hydrogens (tertiary/aromatic N) is 1. The molecular weight excluding hydrogens is 392 g/mol. The summed E-state index contributed by atoms with van der Waals surface area (Å²) in [5, 5.41) is 10.3. The molecular formula is C20H20N4O4S. The van der Waals surface area contributed by atoms with Gasteiger partial charge in [0.25, 0.3) is 0 Å². The number of rotatable bonds is 7. The first kappa shape index (κ1) is 20.2. The molecule has 0 radical (unpaired) electrons. The van der Waals surface area contributed by atoms with Gasteiger partial charge in [0.05, 0.1) is 32.0 Å². The summed E-state index contributed by atoms with van der Waals surface area (Å²) < 4.78 is 10.4. The van der Waals surface area contributed by atoms with Crippen LogP contribution in [0.3, 0.4) is 0 Å². The zero-order valence-corrected chi connectivity index (χ0v) is 16.7. The number of benzene rings is 2. The van der Waals surface area contributed by atoms with Crippen molar-refractivity contribution in [2.75, 3.05) is 30.2 Å². The summed E-state index contributed by atoms with van der Waals surface area (Å²) in [4.78, 5) is 28.6. The summed E-state index contributed by atoms with van der Waals surface area (Å²) in [5.41, 5.74) is 1.76. The number of para-hydroxylation sites is 1. The van der Waals surface area contributed by atoms with Crippen LogP contribution in [-0.2, 0) is 11.2 Å². The van der Waals surface area contributed by atoms with Crippen LogP contribution in [0.2, 0.25) is 0 Å². The molecule has 0 spiro atoms. The fourth-order valence-corrected chi connectivity index (χ4v) is 3.19. The van der Waals surface area contributed by atoms with E-state index in [0.717, 1.165) is 0 Å². The third-order valence-corrected chi connectivity index (χ3v) is 4.63. The van der Waals surface area contributed by atoms with Gasteiger partial charge in [-0.05, 0) is 24.3 Å². The first-order valence-corrected chi connectivity index (χ1v) is 9.54. The number of anilines is 3. The molecule has 3 N–H and O–H groups in total. The molecule has 0 aliphatic heterocycles. The lowest BCUT2D eigenvalue weighted by Gasteiger charge is -2.11. The molecule has 0 saturated heterocycles. The van der Waals surface area contributed by atoms with Gasteiger partial charge in [0, 0.05) is 17.1 Å². The molecule has 150 valence electrons. The molecule has 0 unspecified atom stereocenters. The van der Waals surface area contributed by atoms with Gasteiger partial charge in [0.2, 0.25) is 5.91 Å². The van der Waals surface area contributed by atoms with Crippen molar-refractivity contribution in [3.05, 3.63) is 59.6 Å². The van der Waals surface area contributed by atoms with Crippen molar-refractivity contribution in [1.29, 1.82) is 0 Å². The Kier molecular flexibility index (Phi) is 6.64. The minimum absolute atomic E-state index is 0.0632. The number of carbonyl (C=O) groups is 2. The second-order valence-electron chi connectivity index (χ2n) is 5.88. The summed E-state index contributed by atoms with van der Waals surface area (Å²) in [7, 11) is 3.07. The first-order chi connectivity index (χ1) is 14.1. The van der Waals surface area contributed by atoms with Crippen molar-refractivity contribution in [3.63, 3.8) is 0 Å². The molecule has 9 heteroatoms. The number of amides is 3. The standard InChI is InChI=1S/C20H20N4O4S/c1-27-15-8-9-16(17(11-15)28-2)23-18(25)10-14-12-29-20(22-14)24-19(26)21-13-6-4-3-5-7-13/h3-9,11-12H,10H2,1-2H3,(H,23,25)(H2,21,22,24,26). The number of nitrogens with one attached hydrogen (secondary N) is 3. The third-order valence-electron chi connectivity index (χ3n) is 3.83. The van der Waals surface area contributed by atoms with Crippen LogP contribution < -0.4 is 25.4 Å². The van der Waals surface area contributed by atoms with Crippen LogP contribution in [0, 0.1) is 0 Å². The van der Waals surface area contributed by atoms with Crippen LogP contribution in [0.5, 0.6) is 11.5 Å². The first-order valence-electron chi connectivity index (χ1n) is 8.66. The molecule has 3 aromatic rings. The van der Waals surface area contributed by atoms with E-state index in [0.29, 0.717) is 33.7 Å². The van der Waals surface area contributed by atoms with Crippen LogP contribution in [-0.4, -0.2) is 31.1 Å². The molecule has 0 bridgehead atoms. The zero-order valence-electron chi connectivity index (χ0n) is 15.9. The molecule has 1 heterocycles. The van der Waals surface area contributed by atoms with Gasteiger partial charge in [-0.3, -0.25) is 10.1 Å². The zero-order chi connectivity index (χ0) is 20.6. The Morgan fingerprint density at radius 1 is 1.00 bits per heavy atom. The predicted molar refractivity (Wildman–Crippen MR) is 113 cm³/mol. The lowest BCUT2D eigenvalue weighted by molar-refractivity contribution is -0.115. The Morgan fingerprint density at radius 3 is 2.52 bits per heavy atom. The number of urea groups is 1. The second kappa shape index (κ2) is 9.56. The normalized spacial score (nSPS) is 10.1. The van der Waals surface area contributed by atoms with Crippen LogP contribution in [0.1, 0.15) is 5.69 Å². The SMILES string of the molecule is COc1ccc(NC(=O)Cc2csc(NC(=O)Nc3ccccc3)n2)c(OC)c1. The molecule has 2 aromatic carbocycles.